The molecule has 4 nitrogen and oxygen atoms in total. The molecule has 0 saturated heterocycles. The summed E-state index contributed by atoms with van der Waals surface area (Å²) in [6.45, 7) is 0.716. The molecule has 1 atom stereocenters. The summed E-state index contributed by atoms with van der Waals surface area (Å²) in [5.74, 6) is 1.45. The number of aliphatic hydroxyl groups excluding tert-OH is 1. The summed E-state index contributed by atoms with van der Waals surface area (Å²) in [7, 11) is 5.26. The third-order valence-corrected chi connectivity index (χ3v) is 3.79. The Morgan fingerprint density at radius 3 is 2.32 bits per heavy atom. The molecule has 0 heterocycles. The Balaban J connectivity index is 2.22. The maximum Gasteiger partial charge on any atom is 0.165 e. The van der Waals surface area contributed by atoms with Crippen molar-refractivity contribution in [2.45, 2.75) is 12.6 Å². The van der Waals surface area contributed by atoms with Crippen LogP contribution in [0, 0.1) is 0 Å². The highest BCUT2D eigenvalue weighted by Crippen LogP contribution is 2.32. The van der Waals surface area contributed by atoms with Gasteiger partial charge in [-0.1, -0.05) is 42.5 Å². The van der Waals surface area contributed by atoms with Crippen LogP contribution in [0.1, 0.15) is 17.2 Å². The molecule has 2 rings (SSSR count). The Morgan fingerprint density at radius 1 is 1.00 bits per heavy atom. The number of rotatable bonds is 7. The van der Waals surface area contributed by atoms with E-state index in [-0.39, 0.29) is 12.6 Å². The van der Waals surface area contributed by atoms with Crippen molar-refractivity contribution in [1.29, 1.82) is 0 Å². The van der Waals surface area contributed by atoms with E-state index in [0.717, 1.165) is 16.9 Å². The maximum absolute atomic E-state index is 9.76. The van der Waals surface area contributed by atoms with Gasteiger partial charge < -0.3 is 14.6 Å². The third kappa shape index (κ3) is 3.59. The second kappa shape index (κ2) is 7.82. The molecule has 22 heavy (non-hydrogen) atoms. The normalized spacial score (nSPS) is 12.2. The summed E-state index contributed by atoms with van der Waals surface area (Å²) in [6, 6.07) is 15.8. The van der Waals surface area contributed by atoms with Crippen molar-refractivity contribution < 1.29 is 14.6 Å². The summed E-state index contributed by atoms with van der Waals surface area (Å²) in [5, 5.41) is 9.76. The van der Waals surface area contributed by atoms with Crippen LogP contribution in [-0.4, -0.2) is 37.9 Å². The van der Waals surface area contributed by atoms with Gasteiger partial charge in [0.15, 0.2) is 11.5 Å². The van der Waals surface area contributed by atoms with E-state index in [2.05, 4.69) is 4.90 Å². The van der Waals surface area contributed by atoms with E-state index >= 15 is 0 Å². The van der Waals surface area contributed by atoms with E-state index < -0.39 is 0 Å². The molecule has 0 aliphatic carbocycles. The number of likely N-dealkylation sites (N-methyl/N-ethyl adjacent to an activating group) is 1. The largest absolute Gasteiger partial charge is 0.493 e. The first kappa shape index (κ1) is 16.3. The van der Waals surface area contributed by atoms with Crippen molar-refractivity contribution in [2.24, 2.45) is 0 Å². The van der Waals surface area contributed by atoms with Gasteiger partial charge in [0, 0.05) is 12.1 Å². The molecule has 0 spiro atoms. The molecule has 0 aliphatic rings. The lowest BCUT2D eigenvalue weighted by Gasteiger charge is -2.27. The van der Waals surface area contributed by atoms with Crippen LogP contribution in [0.2, 0.25) is 0 Å². The molecule has 4 heteroatoms. The SMILES string of the molecule is COc1cccc(CN(C)[C@H](CO)c2ccccc2)c1OC. The lowest BCUT2D eigenvalue weighted by Crippen LogP contribution is -2.27. The van der Waals surface area contributed by atoms with Crippen molar-refractivity contribution in [2.75, 3.05) is 27.9 Å². The van der Waals surface area contributed by atoms with Crippen LogP contribution < -0.4 is 9.47 Å². The van der Waals surface area contributed by atoms with Gasteiger partial charge in [0.25, 0.3) is 0 Å². The number of para-hydroxylation sites is 1. The van der Waals surface area contributed by atoms with Crippen LogP contribution in [0.4, 0.5) is 0 Å². The molecule has 0 unspecified atom stereocenters. The first-order valence-corrected chi connectivity index (χ1v) is 7.27. The number of aliphatic hydroxyl groups is 1. The fourth-order valence-corrected chi connectivity index (χ4v) is 2.63. The van der Waals surface area contributed by atoms with E-state index in [4.69, 9.17) is 9.47 Å². The molecule has 2 aromatic rings. The minimum Gasteiger partial charge on any atom is -0.493 e. The number of ether oxygens (including phenoxy) is 2. The van der Waals surface area contributed by atoms with Gasteiger partial charge in [0.2, 0.25) is 0 Å². The second-order valence-corrected chi connectivity index (χ2v) is 5.18. The quantitative estimate of drug-likeness (QED) is 0.854. The molecule has 0 aliphatic heterocycles. The molecular weight excluding hydrogens is 278 g/mol. The Hall–Kier alpha value is -2.04. The van der Waals surface area contributed by atoms with Crippen LogP contribution in [0.15, 0.2) is 48.5 Å². The smallest absolute Gasteiger partial charge is 0.165 e. The van der Waals surface area contributed by atoms with Gasteiger partial charge in [-0.2, -0.15) is 0 Å². The zero-order valence-electron chi connectivity index (χ0n) is 13.3. The Kier molecular flexibility index (Phi) is 5.81. The fraction of sp³-hybridized carbons (Fsp3) is 0.333. The van der Waals surface area contributed by atoms with Crippen LogP contribution in [0.25, 0.3) is 0 Å². The molecule has 0 bridgehead atoms. The first-order valence-electron chi connectivity index (χ1n) is 7.27. The molecule has 0 fully saturated rings. The summed E-state index contributed by atoms with van der Waals surface area (Å²) in [6.07, 6.45) is 0. The summed E-state index contributed by atoms with van der Waals surface area (Å²) in [5.41, 5.74) is 2.12. The predicted molar refractivity (Wildman–Crippen MR) is 87.3 cm³/mol. The van der Waals surface area contributed by atoms with Gasteiger partial charge in [-0.3, -0.25) is 4.90 Å². The molecule has 0 saturated carbocycles. The standard InChI is InChI=1S/C18H23NO3/c1-19(16(13-20)14-8-5-4-6-9-14)12-15-10-7-11-17(21-2)18(15)22-3/h4-11,16,20H,12-13H2,1-3H3/t16-/m1/s1. The van der Waals surface area contributed by atoms with Crippen molar-refractivity contribution in [3.05, 3.63) is 59.7 Å². The molecule has 0 radical (unpaired) electrons. The Bertz CT molecular complexity index is 586. The van der Waals surface area contributed by atoms with E-state index in [0.29, 0.717) is 12.3 Å². The number of nitrogens with zero attached hydrogens (tertiary/aromatic N) is 1. The van der Waals surface area contributed by atoms with Gasteiger partial charge in [-0.25, -0.2) is 0 Å². The average molecular weight is 301 g/mol. The lowest BCUT2D eigenvalue weighted by atomic mass is 10.1. The Morgan fingerprint density at radius 2 is 1.73 bits per heavy atom. The van der Waals surface area contributed by atoms with Crippen molar-refractivity contribution >= 4 is 0 Å². The van der Waals surface area contributed by atoms with Crippen LogP contribution in [0.3, 0.4) is 0 Å². The average Bonchev–Trinajstić information content (AvgIpc) is 2.56. The zero-order chi connectivity index (χ0) is 15.9. The lowest BCUT2D eigenvalue weighted by molar-refractivity contribution is 0.141. The number of methoxy groups -OCH3 is 2. The summed E-state index contributed by atoms with van der Waals surface area (Å²) >= 11 is 0. The highest BCUT2D eigenvalue weighted by Gasteiger charge is 2.18. The number of benzene rings is 2. The summed E-state index contributed by atoms with van der Waals surface area (Å²) in [4.78, 5) is 2.10. The van der Waals surface area contributed by atoms with Crippen LogP contribution in [0.5, 0.6) is 11.5 Å². The monoisotopic (exact) mass is 301 g/mol. The highest BCUT2D eigenvalue weighted by molar-refractivity contribution is 5.46. The molecular formula is C18H23NO3. The van der Waals surface area contributed by atoms with Crippen LogP contribution in [-0.2, 0) is 6.54 Å². The molecule has 0 aromatic heterocycles. The minimum absolute atomic E-state index is 0.0582. The van der Waals surface area contributed by atoms with Gasteiger partial charge in [0.05, 0.1) is 26.9 Å². The van der Waals surface area contributed by atoms with E-state index in [1.54, 1.807) is 14.2 Å². The Labute approximate surface area is 131 Å². The third-order valence-electron chi connectivity index (χ3n) is 3.79. The molecule has 2 aromatic carbocycles. The van der Waals surface area contributed by atoms with Crippen molar-refractivity contribution in [1.82, 2.24) is 4.90 Å². The van der Waals surface area contributed by atoms with Crippen molar-refractivity contribution in [3.63, 3.8) is 0 Å². The number of hydrogen-bond acceptors (Lipinski definition) is 4. The number of hydrogen-bond donors (Lipinski definition) is 1. The predicted octanol–water partition coefficient (Wildman–Crippen LogP) is 2.87. The van der Waals surface area contributed by atoms with Crippen molar-refractivity contribution in [3.8, 4) is 11.5 Å². The topological polar surface area (TPSA) is 41.9 Å². The van der Waals surface area contributed by atoms with E-state index in [1.165, 1.54) is 0 Å². The van der Waals surface area contributed by atoms with Crippen LogP contribution >= 0.6 is 0 Å². The molecule has 0 amide bonds. The van der Waals surface area contributed by atoms with Gasteiger partial charge >= 0.3 is 0 Å². The van der Waals surface area contributed by atoms with Gasteiger partial charge in [0.1, 0.15) is 0 Å². The fourth-order valence-electron chi connectivity index (χ4n) is 2.63. The zero-order valence-corrected chi connectivity index (χ0v) is 13.3. The first-order chi connectivity index (χ1) is 10.7. The molecule has 118 valence electrons. The van der Waals surface area contributed by atoms with Gasteiger partial charge in [-0.05, 0) is 18.7 Å². The molecule has 1 N–H and O–H groups in total. The van der Waals surface area contributed by atoms with E-state index in [9.17, 15) is 5.11 Å². The highest BCUT2D eigenvalue weighted by atomic mass is 16.5. The maximum atomic E-state index is 9.76. The van der Waals surface area contributed by atoms with E-state index in [1.807, 2.05) is 55.6 Å². The van der Waals surface area contributed by atoms with Gasteiger partial charge in [-0.15, -0.1) is 0 Å². The minimum atomic E-state index is -0.0582. The summed E-state index contributed by atoms with van der Waals surface area (Å²) < 4.78 is 10.8. The second-order valence-electron chi connectivity index (χ2n) is 5.18.